The summed E-state index contributed by atoms with van der Waals surface area (Å²) in [6, 6.07) is 8.94. The van der Waals surface area contributed by atoms with Crippen molar-refractivity contribution in [2.75, 3.05) is 20.3 Å². The van der Waals surface area contributed by atoms with Crippen molar-refractivity contribution in [2.24, 2.45) is 10.2 Å². The molecular formula is C18H20N4O4. The van der Waals surface area contributed by atoms with Gasteiger partial charge in [-0.3, -0.25) is 9.36 Å². The van der Waals surface area contributed by atoms with Gasteiger partial charge in [0, 0.05) is 12.7 Å². The van der Waals surface area contributed by atoms with Crippen LogP contribution in [0.3, 0.4) is 0 Å². The minimum absolute atomic E-state index is 0.0123. The summed E-state index contributed by atoms with van der Waals surface area (Å²) in [7, 11) is 1.48. The summed E-state index contributed by atoms with van der Waals surface area (Å²) in [6.07, 6.45) is 0. The Bertz CT molecular complexity index is 913. The Kier molecular flexibility index (Phi) is 6.47. The third-order valence-corrected chi connectivity index (χ3v) is 3.71. The molecule has 2 rings (SSSR count). The van der Waals surface area contributed by atoms with Crippen molar-refractivity contribution in [1.29, 1.82) is 5.26 Å². The van der Waals surface area contributed by atoms with Gasteiger partial charge in [0.05, 0.1) is 19.8 Å². The van der Waals surface area contributed by atoms with E-state index in [0.29, 0.717) is 18.0 Å². The second-order valence-corrected chi connectivity index (χ2v) is 5.33. The van der Waals surface area contributed by atoms with Crippen molar-refractivity contribution < 1.29 is 14.6 Å². The summed E-state index contributed by atoms with van der Waals surface area (Å²) >= 11 is 0. The molecule has 136 valence electrons. The quantitative estimate of drug-likeness (QED) is 0.766. The van der Waals surface area contributed by atoms with Gasteiger partial charge in [-0.05, 0) is 26.0 Å². The molecule has 0 saturated carbocycles. The van der Waals surface area contributed by atoms with Gasteiger partial charge in [-0.15, -0.1) is 10.2 Å². The Morgan fingerprint density at radius 1 is 1.31 bits per heavy atom. The molecule has 1 aromatic carbocycles. The van der Waals surface area contributed by atoms with Crippen molar-refractivity contribution in [3.8, 4) is 17.7 Å². The number of rotatable bonds is 7. The highest BCUT2D eigenvalue weighted by Crippen LogP contribution is 2.30. The monoisotopic (exact) mass is 356 g/mol. The van der Waals surface area contributed by atoms with Gasteiger partial charge in [0.25, 0.3) is 5.56 Å². The van der Waals surface area contributed by atoms with Crippen LogP contribution >= 0.6 is 0 Å². The number of para-hydroxylation sites is 1. The van der Waals surface area contributed by atoms with E-state index in [1.807, 2.05) is 13.0 Å². The molecule has 8 nitrogen and oxygen atoms in total. The third kappa shape index (κ3) is 3.90. The Balaban J connectivity index is 2.56. The van der Waals surface area contributed by atoms with Gasteiger partial charge in [-0.1, -0.05) is 12.1 Å². The third-order valence-electron chi connectivity index (χ3n) is 3.71. The number of hydrogen-bond donors (Lipinski definition) is 1. The lowest BCUT2D eigenvalue weighted by molar-refractivity contribution is 0.182. The number of hydrogen-bond acceptors (Lipinski definition) is 7. The number of aromatic hydroxyl groups is 1. The van der Waals surface area contributed by atoms with E-state index in [4.69, 9.17) is 9.47 Å². The molecule has 1 aromatic heterocycles. The summed E-state index contributed by atoms with van der Waals surface area (Å²) in [5.41, 5.74) is 0.146. The molecule has 26 heavy (non-hydrogen) atoms. The normalized spacial score (nSPS) is 10.8. The van der Waals surface area contributed by atoms with Gasteiger partial charge in [0.15, 0.2) is 5.69 Å². The fraction of sp³-hybridized carbons (Fsp3) is 0.333. The van der Waals surface area contributed by atoms with E-state index in [9.17, 15) is 15.2 Å². The van der Waals surface area contributed by atoms with Gasteiger partial charge in [0.2, 0.25) is 5.88 Å². The largest absolute Gasteiger partial charge is 0.493 e. The van der Waals surface area contributed by atoms with E-state index < -0.39 is 11.4 Å². The molecule has 0 spiro atoms. The molecule has 0 bridgehead atoms. The van der Waals surface area contributed by atoms with Gasteiger partial charge in [-0.2, -0.15) is 5.26 Å². The molecule has 2 aromatic rings. The van der Waals surface area contributed by atoms with Gasteiger partial charge in [0.1, 0.15) is 23.1 Å². The lowest BCUT2D eigenvalue weighted by atomic mass is 10.1. The zero-order chi connectivity index (χ0) is 19.1. The average Bonchev–Trinajstić information content (AvgIpc) is 2.63. The van der Waals surface area contributed by atoms with Gasteiger partial charge < -0.3 is 14.6 Å². The van der Waals surface area contributed by atoms with Crippen LogP contribution < -0.4 is 10.3 Å². The second kappa shape index (κ2) is 8.78. The summed E-state index contributed by atoms with van der Waals surface area (Å²) in [5.74, 6) is 0.135. The first-order chi connectivity index (χ1) is 12.5. The van der Waals surface area contributed by atoms with Crippen LogP contribution in [0.2, 0.25) is 0 Å². The predicted molar refractivity (Wildman–Crippen MR) is 95.5 cm³/mol. The molecule has 0 amide bonds. The molecule has 0 saturated heterocycles. The van der Waals surface area contributed by atoms with E-state index in [1.54, 1.807) is 31.2 Å². The van der Waals surface area contributed by atoms with Crippen LogP contribution in [0, 0.1) is 18.3 Å². The minimum atomic E-state index is -0.548. The molecule has 0 atom stereocenters. The van der Waals surface area contributed by atoms with Crippen LogP contribution in [-0.4, -0.2) is 30.0 Å². The number of nitriles is 1. The molecule has 1 heterocycles. The molecule has 0 radical (unpaired) electrons. The zero-order valence-corrected chi connectivity index (χ0v) is 14.9. The van der Waals surface area contributed by atoms with Crippen LogP contribution in [0.15, 0.2) is 39.3 Å². The predicted octanol–water partition coefficient (Wildman–Crippen LogP) is 3.19. The Morgan fingerprint density at radius 3 is 2.69 bits per heavy atom. The van der Waals surface area contributed by atoms with Crippen LogP contribution in [0.4, 0.5) is 11.4 Å². The van der Waals surface area contributed by atoms with Crippen LogP contribution in [0.25, 0.3) is 0 Å². The maximum absolute atomic E-state index is 12.7. The van der Waals surface area contributed by atoms with Gasteiger partial charge >= 0.3 is 0 Å². The summed E-state index contributed by atoms with van der Waals surface area (Å²) < 4.78 is 11.5. The lowest BCUT2D eigenvalue weighted by Gasteiger charge is -2.12. The smallest absolute Gasteiger partial charge is 0.281 e. The summed E-state index contributed by atoms with van der Waals surface area (Å²) in [6.45, 7) is 4.15. The van der Waals surface area contributed by atoms with Crippen LogP contribution in [0.5, 0.6) is 11.6 Å². The topological polar surface area (TPSA) is 109 Å². The Labute approximate surface area is 150 Å². The second-order valence-electron chi connectivity index (χ2n) is 5.33. The van der Waals surface area contributed by atoms with E-state index in [1.165, 1.54) is 7.11 Å². The first kappa shape index (κ1) is 19.1. The Morgan fingerprint density at radius 2 is 2.04 bits per heavy atom. The summed E-state index contributed by atoms with van der Waals surface area (Å²) in [4.78, 5) is 12.7. The number of pyridine rings is 1. The van der Waals surface area contributed by atoms with E-state index in [0.717, 1.165) is 4.57 Å². The SMILES string of the molecule is CCOc1ccccc1N=Nc1c(C)c(C#N)c(O)n(CCOC)c1=O. The lowest BCUT2D eigenvalue weighted by Crippen LogP contribution is -2.23. The highest BCUT2D eigenvalue weighted by molar-refractivity contribution is 5.57. The molecule has 0 fully saturated rings. The minimum Gasteiger partial charge on any atom is -0.493 e. The molecule has 8 heteroatoms. The van der Waals surface area contributed by atoms with E-state index >= 15 is 0 Å². The number of aromatic nitrogens is 1. The first-order valence-corrected chi connectivity index (χ1v) is 8.04. The highest BCUT2D eigenvalue weighted by atomic mass is 16.5. The molecule has 0 aliphatic heterocycles. The Hall–Kier alpha value is -3.18. The van der Waals surface area contributed by atoms with Gasteiger partial charge in [-0.25, -0.2) is 0 Å². The van der Waals surface area contributed by atoms with Crippen LogP contribution in [-0.2, 0) is 11.3 Å². The number of azo groups is 1. The van der Waals surface area contributed by atoms with Crippen LogP contribution in [0.1, 0.15) is 18.1 Å². The maximum Gasteiger partial charge on any atom is 0.281 e. The van der Waals surface area contributed by atoms with Crippen molar-refractivity contribution in [1.82, 2.24) is 4.57 Å². The standard InChI is InChI=1S/C18H20N4O4/c1-4-26-15-8-6-5-7-14(15)20-21-16-12(2)13(11-19)17(23)22(18(16)24)9-10-25-3/h5-8,23H,4,9-10H2,1-3H3. The number of nitrogens with zero attached hydrogens (tertiary/aromatic N) is 4. The van der Waals surface area contributed by atoms with Crippen molar-refractivity contribution in [3.05, 3.63) is 45.7 Å². The fourth-order valence-corrected chi connectivity index (χ4v) is 2.37. The average molecular weight is 356 g/mol. The highest BCUT2D eigenvalue weighted by Gasteiger charge is 2.19. The molecule has 0 aliphatic rings. The fourth-order valence-electron chi connectivity index (χ4n) is 2.37. The number of benzene rings is 1. The molecule has 1 N–H and O–H groups in total. The van der Waals surface area contributed by atoms with Crippen molar-refractivity contribution >= 4 is 11.4 Å². The van der Waals surface area contributed by atoms with E-state index in [-0.39, 0.29) is 30.0 Å². The number of ether oxygens (including phenoxy) is 2. The molecule has 0 aliphatic carbocycles. The van der Waals surface area contributed by atoms with Crippen molar-refractivity contribution in [2.45, 2.75) is 20.4 Å². The maximum atomic E-state index is 12.7. The zero-order valence-electron chi connectivity index (χ0n) is 14.9. The first-order valence-electron chi connectivity index (χ1n) is 8.04. The van der Waals surface area contributed by atoms with Crippen molar-refractivity contribution in [3.63, 3.8) is 0 Å². The number of methoxy groups -OCH3 is 1. The molecular weight excluding hydrogens is 336 g/mol. The molecule has 0 unspecified atom stereocenters. The van der Waals surface area contributed by atoms with E-state index in [2.05, 4.69) is 10.2 Å². The summed E-state index contributed by atoms with van der Waals surface area (Å²) in [5, 5.41) is 27.7.